The fraction of sp³-hybridized carbons (Fsp3) is 0.588. The number of hydrogen-bond donors (Lipinski definition) is 0. The summed E-state index contributed by atoms with van der Waals surface area (Å²) in [6.45, 7) is 2.30. The molecule has 2 aliphatic heterocycles. The average molecular weight is 333 g/mol. The number of benzene rings is 1. The van der Waals surface area contributed by atoms with Crippen LogP contribution in [-0.2, 0) is 4.79 Å². The topological polar surface area (TPSA) is 75.9 Å². The molecule has 0 atom stereocenters. The van der Waals surface area contributed by atoms with Gasteiger partial charge in [-0.3, -0.25) is 14.9 Å². The Morgan fingerprint density at radius 2 is 1.96 bits per heavy atom. The molecule has 0 spiro atoms. The third kappa shape index (κ3) is 3.29. The Labute approximate surface area is 141 Å². The van der Waals surface area contributed by atoms with Crippen molar-refractivity contribution in [3.8, 4) is 5.75 Å². The van der Waals surface area contributed by atoms with E-state index in [4.69, 9.17) is 4.74 Å². The molecular weight excluding hydrogens is 310 g/mol. The van der Waals surface area contributed by atoms with Gasteiger partial charge >= 0.3 is 0 Å². The lowest BCUT2D eigenvalue weighted by Gasteiger charge is -2.40. The van der Waals surface area contributed by atoms with Crippen molar-refractivity contribution >= 4 is 17.3 Å². The molecule has 24 heavy (non-hydrogen) atoms. The number of nitrogens with zero attached hydrogens (tertiary/aromatic N) is 3. The molecule has 0 bridgehead atoms. The van der Waals surface area contributed by atoms with Crippen LogP contribution in [0, 0.1) is 10.1 Å². The number of ether oxygens (including phenoxy) is 1. The highest BCUT2D eigenvalue weighted by Gasteiger charge is 2.31. The van der Waals surface area contributed by atoms with Gasteiger partial charge in [0.2, 0.25) is 5.91 Å². The maximum Gasteiger partial charge on any atom is 0.296 e. The molecular formula is C17H23N3O4. The van der Waals surface area contributed by atoms with Gasteiger partial charge in [-0.2, -0.15) is 0 Å². The summed E-state index contributed by atoms with van der Waals surface area (Å²) in [6, 6.07) is 5.24. The van der Waals surface area contributed by atoms with Crippen molar-refractivity contribution in [3.05, 3.63) is 28.3 Å². The molecule has 2 fully saturated rings. The van der Waals surface area contributed by atoms with E-state index in [1.165, 1.54) is 13.2 Å². The Kier molecular flexibility index (Phi) is 4.87. The maximum atomic E-state index is 12.1. The molecule has 3 rings (SSSR count). The first-order valence-electron chi connectivity index (χ1n) is 8.47. The second-order valence-electron chi connectivity index (χ2n) is 6.37. The Bertz CT molecular complexity index is 626. The number of likely N-dealkylation sites (tertiary alicyclic amines) is 1. The number of anilines is 1. The van der Waals surface area contributed by atoms with Crippen LogP contribution < -0.4 is 9.64 Å². The van der Waals surface area contributed by atoms with Gasteiger partial charge in [-0.15, -0.1) is 0 Å². The first-order valence-corrected chi connectivity index (χ1v) is 8.47. The van der Waals surface area contributed by atoms with E-state index in [-0.39, 0.29) is 22.6 Å². The van der Waals surface area contributed by atoms with E-state index in [0.717, 1.165) is 45.3 Å². The zero-order valence-corrected chi connectivity index (χ0v) is 13.9. The van der Waals surface area contributed by atoms with Gasteiger partial charge < -0.3 is 14.5 Å². The van der Waals surface area contributed by atoms with Gasteiger partial charge in [0.25, 0.3) is 5.69 Å². The smallest absolute Gasteiger partial charge is 0.296 e. The molecule has 130 valence electrons. The van der Waals surface area contributed by atoms with Gasteiger partial charge in [-0.1, -0.05) is 0 Å². The Morgan fingerprint density at radius 3 is 2.58 bits per heavy atom. The van der Waals surface area contributed by atoms with Gasteiger partial charge in [-0.05, 0) is 37.8 Å². The van der Waals surface area contributed by atoms with E-state index >= 15 is 0 Å². The van der Waals surface area contributed by atoms with Crippen LogP contribution in [0.15, 0.2) is 18.2 Å². The summed E-state index contributed by atoms with van der Waals surface area (Å²) < 4.78 is 5.09. The lowest BCUT2D eigenvalue weighted by molar-refractivity contribution is -0.384. The number of nitro groups is 1. The van der Waals surface area contributed by atoms with Crippen molar-refractivity contribution in [1.82, 2.24) is 4.90 Å². The summed E-state index contributed by atoms with van der Waals surface area (Å²) in [5.41, 5.74) is 0.700. The average Bonchev–Trinajstić information content (AvgIpc) is 2.62. The van der Waals surface area contributed by atoms with Gasteiger partial charge in [0.05, 0.1) is 18.1 Å². The molecule has 0 unspecified atom stereocenters. The second kappa shape index (κ2) is 7.07. The lowest BCUT2D eigenvalue weighted by atomic mass is 9.99. The fourth-order valence-electron chi connectivity index (χ4n) is 3.68. The number of methoxy groups -OCH3 is 1. The van der Waals surface area contributed by atoms with Crippen molar-refractivity contribution in [1.29, 1.82) is 0 Å². The second-order valence-corrected chi connectivity index (χ2v) is 6.37. The summed E-state index contributed by atoms with van der Waals surface area (Å²) in [5.74, 6) is 0.745. The van der Waals surface area contributed by atoms with E-state index in [1.54, 1.807) is 12.1 Å². The Hall–Kier alpha value is -2.31. The molecule has 7 heteroatoms. The summed E-state index contributed by atoms with van der Waals surface area (Å²) in [5, 5.41) is 11.4. The number of carbonyl (C=O) groups excluding carboxylic acids is 1. The molecule has 1 amide bonds. The molecule has 1 aromatic rings. The molecule has 2 heterocycles. The summed E-state index contributed by atoms with van der Waals surface area (Å²) in [4.78, 5) is 27.1. The van der Waals surface area contributed by atoms with E-state index in [2.05, 4.69) is 0 Å². The SMILES string of the molecule is COc1ccc(N2CCC(N3CCCCC3=O)CC2)c([N+](=O)[O-])c1. The standard InChI is InChI=1S/C17H23N3O4/c1-24-14-5-6-15(16(12-14)20(22)23)18-10-7-13(8-11-18)19-9-3-2-4-17(19)21/h5-6,12-13H,2-4,7-11H2,1H3. The first kappa shape index (κ1) is 16.5. The summed E-state index contributed by atoms with van der Waals surface area (Å²) >= 11 is 0. The number of piperidine rings is 2. The highest BCUT2D eigenvalue weighted by atomic mass is 16.6. The van der Waals surface area contributed by atoms with Crippen LogP contribution in [0.5, 0.6) is 5.75 Å². The van der Waals surface area contributed by atoms with E-state index in [1.807, 2.05) is 9.80 Å². The molecule has 0 aromatic heterocycles. The zero-order valence-electron chi connectivity index (χ0n) is 13.9. The van der Waals surface area contributed by atoms with Crippen LogP contribution in [0.2, 0.25) is 0 Å². The van der Waals surface area contributed by atoms with Crippen molar-refractivity contribution in [2.75, 3.05) is 31.6 Å². The van der Waals surface area contributed by atoms with E-state index in [0.29, 0.717) is 17.9 Å². The lowest BCUT2D eigenvalue weighted by Crippen LogP contribution is -2.49. The fourth-order valence-corrected chi connectivity index (χ4v) is 3.68. The minimum absolute atomic E-state index is 0.0712. The monoisotopic (exact) mass is 333 g/mol. The first-order chi connectivity index (χ1) is 11.6. The third-order valence-corrected chi connectivity index (χ3v) is 4.99. The largest absolute Gasteiger partial charge is 0.496 e. The number of nitro benzene ring substituents is 1. The summed E-state index contributed by atoms with van der Waals surface area (Å²) in [6.07, 6.45) is 4.44. The van der Waals surface area contributed by atoms with Crippen LogP contribution >= 0.6 is 0 Å². The minimum atomic E-state index is -0.363. The number of rotatable bonds is 4. The van der Waals surface area contributed by atoms with Gasteiger partial charge in [-0.25, -0.2) is 0 Å². The van der Waals surface area contributed by atoms with E-state index in [9.17, 15) is 14.9 Å². The predicted octanol–water partition coefficient (Wildman–Crippen LogP) is 2.58. The summed E-state index contributed by atoms with van der Waals surface area (Å²) in [7, 11) is 1.50. The molecule has 0 N–H and O–H groups in total. The van der Waals surface area contributed by atoms with Gasteiger partial charge in [0, 0.05) is 32.1 Å². The minimum Gasteiger partial charge on any atom is -0.496 e. The van der Waals surface area contributed by atoms with E-state index < -0.39 is 0 Å². The molecule has 0 saturated carbocycles. The molecule has 0 radical (unpaired) electrons. The highest BCUT2D eigenvalue weighted by Crippen LogP contribution is 2.34. The number of hydrogen-bond acceptors (Lipinski definition) is 5. The van der Waals surface area contributed by atoms with Crippen molar-refractivity contribution < 1.29 is 14.5 Å². The van der Waals surface area contributed by atoms with Crippen LogP contribution in [0.25, 0.3) is 0 Å². The van der Waals surface area contributed by atoms with Crippen LogP contribution in [0.4, 0.5) is 11.4 Å². The number of amides is 1. The van der Waals surface area contributed by atoms with Crippen LogP contribution in [0.1, 0.15) is 32.1 Å². The predicted molar refractivity (Wildman–Crippen MR) is 90.4 cm³/mol. The molecule has 7 nitrogen and oxygen atoms in total. The Balaban J connectivity index is 1.70. The zero-order chi connectivity index (χ0) is 17.1. The third-order valence-electron chi connectivity index (χ3n) is 4.99. The Morgan fingerprint density at radius 1 is 1.21 bits per heavy atom. The maximum absolute atomic E-state index is 12.1. The van der Waals surface area contributed by atoms with Gasteiger partial charge in [0.1, 0.15) is 11.4 Å². The molecule has 2 aliphatic rings. The quantitative estimate of drug-likeness (QED) is 0.625. The normalized spacial score (nSPS) is 19.5. The number of carbonyl (C=O) groups is 1. The highest BCUT2D eigenvalue weighted by molar-refractivity contribution is 5.77. The molecule has 2 saturated heterocycles. The van der Waals surface area contributed by atoms with Crippen LogP contribution in [0.3, 0.4) is 0 Å². The van der Waals surface area contributed by atoms with Crippen molar-refractivity contribution in [3.63, 3.8) is 0 Å². The molecule has 1 aromatic carbocycles. The molecule has 0 aliphatic carbocycles. The van der Waals surface area contributed by atoms with Crippen molar-refractivity contribution in [2.24, 2.45) is 0 Å². The van der Waals surface area contributed by atoms with Gasteiger partial charge in [0.15, 0.2) is 0 Å². The van der Waals surface area contributed by atoms with Crippen LogP contribution in [-0.4, -0.2) is 48.5 Å². The van der Waals surface area contributed by atoms with Crippen molar-refractivity contribution in [2.45, 2.75) is 38.1 Å².